The number of fused-ring (bicyclic) bond motifs is 1. The topological polar surface area (TPSA) is 84.0 Å². The maximum atomic E-state index is 13.1. The molecule has 124 valence electrons. The van der Waals surface area contributed by atoms with Crippen LogP contribution in [0.4, 0.5) is 16.2 Å². The molecule has 2 amide bonds. The molecule has 0 radical (unpaired) electrons. The van der Waals surface area contributed by atoms with E-state index < -0.39 is 6.04 Å². The summed E-state index contributed by atoms with van der Waals surface area (Å²) in [5.41, 5.74) is 1.80. The van der Waals surface area contributed by atoms with Gasteiger partial charge in [0.1, 0.15) is 6.04 Å². The van der Waals surface area contributed by atoms with Gasteiger partial charge in [0.15, 0.2) is 0 Å². The molecule has 26 heavy (non-hydrogen) atoms. The van der Waals surface area contributed by atoms with Crippen LogP contribution in [0.5, 0.6) is 0 Å². The Morgan fingerprint density at radius 3 is 2.54 bits per heavy atom. The zero-order valence-corrected chi connectivity index (χ0v) is 13.7. The Kier molecular flexibility index (Phi) is 3.72. The first-order valence-corrected chi connectivity index (χ1v) is 8.06. The number of amides is 2. The van der Waals surface area contributed by atoms with Gasteiger partial charge in [-0.15, -0.1) is 0 Å². The lowest BCUT2D eigenvalue weighted by Crippen LogP contribution is -2.34. The molecular weight excluding hydrogens is 326 g/mol. The lowest BCUT2D eigenvalue weighted by molar-refractivity contribution is 0.255. The molecule has 0 bridgehead atoms. The highest BCUT2D eigenvalue weighted by molar-refractivity contribution is 6.11. The molecule has 1 saturated heterocycles. The van der Waals surface area contributed by atoms with E-state index in [1.807, 2.05) is 24.3 Å². The number of nitrogens with zero attached hydrogens (tertiary/aromatic N) is 5. The lowest BCUT2D eigenvalue weighted by atomic mass is 10.1. The van der Waals surface area contributed by atoms with E-state index in [0.717, 1.165) is 10.8 Å². The van der Waals surface area contributed by atoms with Gasteiger partial charge in [0, 0.05) is 22.7 Å². The van der Waals surface area contributed by atoms with Crippen LogP contribution in [0.3, 0.4) is 0 Å². The van der Waals surface area contributed by atoms with Crippen molar-refractivity contribution < 1.29 is 4.79 Å². The van der Waals surface area contributed by atoms with Crippen LogP contribution in [0.15, 0.2) is 60.9 Å². The highest BCUT2D eigenvalue weighted by atomic mass is 16.2. The van der Waals surface area contributed by atoms with Crippen molar-refractivity contribution >= 4 is 28.2 Å². The molecule has 1 aromatic heterocycles. The van der Waals surface area contributed by atoms with Crippen molar-refractivity contribution in [1.82, 2.24) is 4.98 Å². The number of rotatable bonds is 2. The van der Waals surface area contributed by atoms with E-state index in [0.29, 0.717) is 16.9 Å². The SMILES string of the molecule is N#Cc1ccc(N2CC(C#N)N(c3cncc4ccccc34)C2=O)cc1. The van der Waals surface area contributed by atoms with E-state index in [1.165, 1.54) is 4.90 Å². The van der Waals surface area contributed by atoms with Gasteiger partial charge in [-0.05, 0) is 24.3 Å². The minimum absolute atomic E-state index is 0.254. The first kappa shape index (κ1) is 15.6. The first-order chi connectivity index (χ1) is 12.7. The number of urea groups is 1. The van der Waals surface area contributed by atoms with Gasteiger partial charge in [0.2, 0.25) is 0 Å². The second-order valence-electron chi connectivity index (χ2n) is 5.95. The summed E-state index contributed by atoms with van der Waals surface area (Å²) in [5.74, 6) is 0. The van der Waals surface area contributed by atoms with Crippen LogP contribution in [0.25, 0.3) is 10.8 Å². The molecule has 0 saturated carbocycles. The van der Waals surface area contributed by atoms with Crippen molar-refractivity contribution in [3.05, 3.63) is 66.5 Å². The van der Waals surface area contributed by atoms with Gasteiger partial charge in [-0.1, -0.05) is 24.3 Å². The summed E-state index contributed by atoms with van der Waals surface area (Å²) >= 11 is 0. The third-order valence-corrected chi connectivity index (χ3v) is 4.47. The van der Waals surface area contributed by atoms with Gasteiger partial charge in [0.25, 0.3) is 0 Å². The van der Waals surface area contributed by atoms with E-state index in [-0.39, 0.29) is 12.6 Å². The standard InChI is InChI=1S/C20H13N5O/c21-9-14-5-7-16(8-6-14)24-13-17(10-22)25(20(24)26)19-12-23-11-15-3-1-2-4-18(15)19/h1-8,11-12,17H,13H2. The molecule has 1 unspecified atom stereocenters. The molecular formula is C20H13N5O. The molecule has 2 heterocycles. The molecule has 1 aliphatic heterocycles. The van der Waals surface area contributed by atoms with Crippen LogP contribution in [-0.4, -0.2) is 23.6 Å². The first-order valence-electron chi connectivity index (χ1n) is 8.06. The van der Waals surface area contributed by atoms with Crippen molar-refractivity contribution in [3.8, 4) is 12.1 Å². The summed E-state index contributed by atoms with van der Waals surface area (Å²) in [7, 11) is 0. The third-order valence-electron chi connectivity index (χ3n) is 4.47. The molecule has 1 fully saturated rings. The Morgan fingerprint density at radius 2 is 1.81 bits per heavy atom. The summed E-state index contributed by atoms with van der Waals surface area (Å²) in [6.07, 6.45) is 3.35. The number of aromatic nitrogens is 1. The number of carbonyl (C=O) groups excluding carboxylic acids is 1. The van der Waals surface area contributed by atoms with E-state index >= 15 is 0 Å². The molecule has 0 spiro atoms. The second kappa shape index (κ2) is 6.19. The van der Waals surface area contributed by atoms with Crippen molar-refractivity contribution in [2.75, 3.05) is 16.3 Å². The van der Waals surface area contributed by atoms with Gasteiger partial charge < -0.3 is 0 Å². The average Bonchev–Trinajstić information content (AvgIpc) is 3.04. The molecule has 2 aromatic carbocycles. The summed E-state index contributed by atoms with van der Waals surface area (Å²) in [6, 6.07) is 17.8. The molecule has 6 heteroatoms. The zero-order chi connectivity index (χ0) is 18.1. The quantitative estimate of drug-likeness (QED) is 0.716. The largest absolute Gasteiger partial charge is 0.330 e. The fraction of sp³-hybridized carbons (Fsp3) is 0.100. The minimum atomic E-state index is -0.620. The van der Waals surface area contributed by atoms with Gasteiger partial charge in [-0.3, -0.25) is 14.8 Å². The summed E-state index contributed by atoms with van der Waals surface area (Å²) in [4.78, 5) is 20.4. The van der Waals surface area contributed by atoms with Crippen molar-refractivity contribution in [2.24, 2.45) is 0 Å². The molecule has 0 aliphatic carbocycles. The molecule has 1 atom stereocenters. The molecule has 3 aromatic rings. The number of nitriles is 2. The average molecular weight is 339 g/mol. The van der Waals surface area contributed by atoms with Crippen LogP contribution >= 0.6 is 0 Å². The van der Waals surface area contributed by atoms with Gasteiger partial charge in [-0.2, -0.15) is 10.5 Å². The van der Waals surface area contributed by atoms with E-state index in [1.54, 1.807) is 41.6 Å². The fourth-order valence-electron chi connectivity index (χ4n) is 3.19. The van der Waals surface area contributed by atoms with Gasteiger partial charge in [-0.25, -0.2) is 4.79 Å². The predicted molar refractivity (Wildman–Crippen MR) is 97.5 cm³/mol. The number of anilines is 2. The molecule has 4 rings (SSSR count). The van der Waals surface area contributed by atoms with Crippen molar-refractivity contribution in [1.29, 1.82) is 10.5 Å². The number of hydrogen-bond acceptors (Lipinski definition) is 4. The number of hydrogen-bond donors (Lipinski definition) is 0. The normalized spacial score (nSPS) is 16.5. The van der Waals surface area contributed by atoms with Crippen molar-refractivity contribution in [2.45, 2.75) is 6.04 Å². The number of carbonyl (C=O) groups is 1. The smallest absolute Gasteiger partial charge is 0.291 e. The van der Waals surface area contributed by atoms with E-state index in [9.17, 15) is 10.1 Å². The van der Waals surface area contributed by atoms with Gasteiger partial charge in [0.05, 0.1) is 36.1 Å². The highest BCUT2D eigenvalue weighted by Crippen LogP contribution is 2.33. The monoisotopic (exact) mass is 339 g/mol. The zero-order valence-electron chi connectivity index (χ0n) is 13.7. The van der Waals surface area contributed by atoms with Gasteiger partial charge >= 0.3 is 6.03 Å². The Morgan fingerprint density at radius 1 is 1.04 bits per heavy atom. The Balaban J connectivity index is 1.77. The highest BCUT2D eigenvalue weighted by Gasteiger charge is 2.40. The predicted octanol–water partition coefficient (Wildman–Crippen LogP) is 3.45. The molecule has 0 N–H and O–H groups in total. The van der Waals surface area contributed by atoms with E-state index in [4.69, 9.17) is 5.26 Å². The van der Waals surface area contributed by atoms with Crippen LogP contribution in [-0.2, 0) is 0 Å². The fourth-order valence-corrected chi connectivity index (χ4v) is 3.19. The lowest BCUT2D eigenvalue weighted by Gasteiger charge is -2.21. The minimum Gasteiger partial charge on any atom is -0.291 e. The Bertz CT molecular complexity index is 1070. The number of pyridine rings is 1. The van der Waals surface area contributed by atoms with Crippen LogP contribution in [0.2, 0.25) is 0 Å². The van der Waals surface area contributed by atoms with Crippen molar-refractivity contribution in [3.63, 3.8) is 0 Å². The van der Waals surface area contributed by atoms with Crippen LogP contribution in [0.1, 0.15) is 5.56 Å². The maximum Gasteiger partial charge on any atom is 0.330 e. The van der Waals surface area contributed by atoms with Crippen LogP contribution in [0, 0.1) is 22.7 Å². The molecule has 6 nitrogen and oxygen atoms in total. The molecule has 1 aliphatic rings. The van der Waals surface area contributed by atoms with Crippen LogP contribution < -0.4 is 9.80 Å². The second-order valence-corrected chi connectivity index (χ2v) is 5.95. The summed E-state index contributed by atoms with van der Waals surface area (Å²) in [5, 5.41) is 20.3. The third kappa shape index (κ3) is 2.42. The van der Waals surface area contributed by atoms with E-state index in [2.05, 4.69) is 17.1 Å². The maximum absolute atomic E-state index is 13.1. The number of benzene rings is 2. The Labute approximate surface area is 150 Å². The Hall–Kier alpha value is -3.90. The summed E-state index contributed by atoms with van der Waals surface area (Å²) in [6.45, 7) is 0.254. The summed E-state index contributed by atoms with van der Waals surface area (Å²) < 4.78 is 0.